The van der Waals surface area contributed by atoms with Crippen molar-refractivity contribution in [1.82, 2.24) is 19.7 Å². The molecule has 0 spiro atoms. The third-order valence-electron chi connectivity index (χ3n) is 3.37. The molecule has 8 nitrogen and oxygen atoms in total. The maximum Gasteiger partial charge on any atom is 0.416 e. The summed E-state index contributed by atoms with van der Waals surface area (Å²) < 4.78 is 64.7. The van der Waals surface area contributed by atoms with Gasteiger partial charge < -0.3 is 9.80 Å². The summed E-state index contributed by atoms with van der Waals surface area (Å²) in [4.78, 5) is 15.5. The fourth-order valence-electron chi connectivity index (χ4n) is 1.94. The molecule has 1 aromatic heterocycles. The summed E-state index contributed by atoms with van der Waals surface area (Å²) in [5.74, 6) is 0.864. The first-order chi connectivity index (χ1) is 12.4. The molecule has 1 heterocycles. The van der Waals surface area contributed by atoms with Crippen LogP contribution in [-0.2, 0) is 22.7 Å². The molecule has 1 N–H and O–H groups in total. The number of halogens is 3. The number of sulfonamides is 1. The highest BCUT2D eigenvalue weighted by Gasteiger charge is 2.30. The zero-order valence-electron chi connectivity index (χ0n) is 15.1. The Morgan fingerprint density at radius 1 is 0.926 bits per heavy atom. The first-order valence-electron chi connectivity index (χ1n) is 7.66. The van der Waals surface area contributed by atoms with E-state index in [2.05, 4.69) is 19.7 Å². The van der Waals surface area contributed by atoms with Crippen LogP contribution in [0, 0.1) is 0 Å². The van der Waals surface area contributed by atoms with E-state index >= 15 is 0 Å². The third kappa shape index (κ3) is 5.26. The van der Waals surface area contributed by atoms with E-state index < -0.39 is 21.8 Å². The minimum Gasteiger partial charge on any atom is -0.347 e. The third-order valence-corrected chi connectivity index (χ3v) is 4.79. The summed E-state index contributed by atoms with van der Waals surface area (Å²) in [6.45, 7) is -0.243. The fourth-order valence-corrected chi connectivity index (χ4v) is 2.92. The molecule has 0 saturated heterocycles. The SMILES string of the molecule is CN(C)c1nc(CNS(=O)(=O)c2ccc(C(F)(F)F)cc2)nc(N(C)C)n1. The van der Waals surface area contributed by atoms with Gasteiger partial charge >= 0.3 is 6.18 Å². The van der Waals surface area contributed by atoms with Gasteiger partial charge in [-0.3, -0.25) is 0 Å². The van der Waals surface area contributed by atoms with Crippen molar-refractivity contribution in [3.8, 4) is 0 Å². The Morgan fingerprint density at radius 2 is 1.41 bits per heavy atom. The molecule has 12 heteroatoms. The lowest BCUT2D eigenvalue weighted by Gasteiger charge is -2.16. The second kappa shape index (κ2) is 7.64. The summed E-state index contributed by atoms with van der Waals surface area (Å²) in [6.07, 6.45) is -4.54. The van der Waals surface area contributed by atoms with Crippen molar-refractivity contribution in [2.24, 2.45) is 0 Å². The summed E-state index contributed by atoms with van der Waals surface area (Å²) in [7, 11) is 2.88. The molecule has 0 saturated carbocycles. The van der Waals surface area contributed by atoms with Crippen LogP contribution in [0.1, 0.15) is 11.4 Å². The molecule has 0 aliphatic carbocycles. The minimum absolute atomic E-state index is 0.174. The van der Waals surface area contributed by atoms with E-state index in [1.165, 1.54) is 0 Å². The van der Waals surface area contributed by atoms with Crippen molar-refractivity contribution in [3.63, 3.8) is 0 Å². The maximum atomic E-state index is 12.6. The molecule has 2 rings (SSSR count). The molecule has 27 heavy (non-hydrogen) atoms. The monoisotopic (exact) mass is 404 g/mol. The van der Waals surface area contributed by atoms with Crippen LogP contribution < -0.4 is 14.5 Å². The first kappa shape index (κ1) is 20.8. The second-order valence-electron chi connectivity index (χ2n) is 5.99. The van der Waals surface area contributed by atoms with Crippen molar-refractivity contribution >= 4 is 21.9 Å². The van der Waals surface area contributed by atoms with Crippen LogP contribution in [0.15, 0.2) is 29.2 Å². The van der Waals surface area contributed by atoms with E-state index in [0.717, 1.165) is 12.1 Å². The van der Waals surface area contributed by atoms with Crippen LogP contribution in [-0.4, -0.2) is 51.6 Å². The van der Waals surface area contributed by atoms with Crippen molar-refractivity contribution in [2.45, 2.75) is 17.6 Å². The van der Waals surface area contributed by atoms with Gasteiger partial charge in [-0.1, -0.05) is 0 Å². The van der Waals surface area contributed by atoms with E-state index in [0.29, 0.717) is 24.0 Å². The summed E-state index contributed by atoms with van der Waals surface area (Å²) in [5, 5.41) is 0. The lowest BCUT2D eigenvalue weighted by Crippen LogP contribution is -2.26. The zero-order chi connectivity index (χ0) is 20.4. The number of hydrogen-bond acceptors (Lipinski definition) is 7. The molecular weight excluding hydrogens is 385 g/mol. The van der Waals surface area contributed by atoms with Gasteiger partial charge in [0, 0.05) is 28.2 Å². The number of rotatable bonds is 6. The standard InChI is InChI=1S/C15H19F3N6O2S/c1-23(2)13-20-12(21-14(22-13)24(3)4)9-19-27(25,26)11-7-5-10(6-8-11)15(16,17)18/h5-8,19H,9H2,1-4H3. The zero-order valence-corrected chi connectivity index (χ0v) is 15.9. The summed E-state index contributed by atoms with van der Waals surface area (Å²) >= 11 is 0. The van der Waals surface area contributed by atoms with Gasteiger partial charge in [-0.25, -0.2) is 13.1 Å². The van der Waals surface area contributed by atoms with Gasteiger partial charge in [0.1, 0.15) is 0 Å². The highest BCUT2D eigenvalue weighted by molar-refractivity contribution is 7.89. The van der Waals surface area contributed by atoms with Crippen molar-refractivity contribution in [2.75, 3.05) is 38.0 Å². The molecule has 0 unspecified atom stereocenters. The van der Waals surface area contributed by atoms with Crippen LogP contribution in [0.5, 0.6) is 0 Å². The summed E-state index contributed by atoms with van der Waals surface area (Å²) in [5.41, 5.74) is -0.926. The van der Waals surface area contributed by atoms with Crippen LogP contribution in [0.3, 0.4) is 0 Å². The van der Waals surface area contributed by atoms with Crippen LogP contribution in [0.2, 0.25) is 0 Å². The lowest BCUT2D eigenvalue weighted by atomic mass is 10.2. The first-order valence-corrected chi connectivity index (χ1v) is 9.15. The summed E-state index contributed by atoms with van der Waals surface area (Å²) in [6, 6.07) is 3.22. The topological polar surface area (TPSA) is 91.3 Å². The number of benzene rings is 1. The fraction of sp³-hybridized carbons (Fsp3) is 0.400. The quantitative estimate of drug-likeness (QED) is 0.780. The van der Waals surface area contributed by atoms with Crippen molar-refractivity contribution in [1.29, 1.82) is 0 Å². The Balaban J connectivity index is 2.22. The molecule has 0 atom stereocenters. The molecule has 2 aromatic rings. The molecule has 0 amide bonds. The highest BCUT2D eigenvalue weighted by Crippen LogP contribution is 2.29. The van der Waals surface area contributed by atoms with Gasteiger partial charge in [-0.05, 0) is 24.3 Å². The number of nitrogens with zero attached hydrogens (tertiary/aromatic N) is 5. The van der Waals surface area contributed by atoms with Crippen LogP contribution in [0.25, 0.3) is 0 Å². The van der Waals surface area contributed by atoms with E-state index in [1.54, 1.807) is 38.0 Å². The van der Waals surface area contributed by atoms with Crippen molar-refractivity contribution in [3.05, 3.63) is 35.7 Å². The maximum absolute atomic E-state index is 12.6. The van der Waals surface area contributed by atoms with Gasteiger partial charge in [0.05, 0.1) is 17.0 Å². The Hall–Kier alpha value is -2.47. The van der Waals surface area contributed by atoms with Gasteiger partial charge in [-0.2, -0.15) is 28.1 Å². The largest absolute Gasteiger partial charge is 0.416 e. The molecule has 0 bridgehead atoms. The second-order valence-corrected chi connectivity index (χ2v) is 7.75. The van der Waals surface area contributed by atoms with E-state index in [4.69, 9.17) is 0 Å². The van der Waals surface area contributed by atoms with Gasteiger partial charge in [-0.15, -0.1) is 0 Å². The van der Waals surface area contributed by atoms with E-state index in [1.807, 2.05) is 0 Å². The average molecular weight is 404 g/mol. The molecule has 0 fully saturated rings. The van der Waals surface area contributed by atoms with E-state index in [9.17, 15) is 21.6 Å². The predicted octanol–water partition coefficient (Wildman–Crippen LogP) is 1.50. The highest BCUT2D eigenvalue weighted by atomic mass is 32.2. The average Bonchev–Trinajstić information content (AvgIpc) is 2.59. The Kier molecular flexibility index (Phi) is 5.90. The number of hydrogen-bond donors (Lipinski definition) is 1. The van der Waals surface area contributed by atoms with Crippen LogP contribution in [0.4, 0.5) is 25.1 Å². The Labute approximate surface area is 155 Å². The van der Waals surface area contributed by atoms with Gasteiger partial charge in [0.15, 0.2) is 5.82 Å². The van der Waals surface area contributed by atoms with E-state index in [-0.39, 0.29) is 17.3 Å². The number of alkyl halides is 3. The molecule has 0 aliphatic heterocycles. The Bertz CT molecular complexity index is 873. The number of nitrogens with one attached hydrogen (secondary N) is 1. The predicted molar refractivity (Wildman–Crippen MR) is 94.0 cm³/mol. The molecule has 148 valence electrons. The molecule has 1 aromatic carbocycles. The normalized spacial score (nSPS) is 12.1. The molecular formula is C15H19F3N6O2S. The van der Waals surface area contributed by atoms with Crippen molar-refractivity contribution < 1.29 is 21.6 Å². The molecule has 0 aliphatic rings. The van der Waals surface area contributed by atoms with Gasteiger partial charge in [0.2, 0.25) is 21.9 Å². The molecule has 0 radical (unpaired) electrons. The van der Waals surface area contributed by atoms with Crippen LogP contribution >= 0.6 is 0 Å². The lowest BCUT2D eigenvalue weighted by molar-refractivity contribution is -0.137. The minimum atomic E-state index is -4.54. The smallest absolute Gasteiger partial charge is 0.347 e. The number of anilines is 2. The van der Waals surface area contributed by atoms with Gasteiger partial charge in [0.25, 0.3) is 0 Å². The number of aromatic nitrogens is 3. The Morgan fingerprint density at radius 3 is 1.81 bits per heavy atom.